The van der Waals surface area contributed by atoms with Crippen molar-refractivity contribution in [2.24, 2.45) is 0 Å². The predicted octanol–water partition coefficient (Wildman–Crippen LogP) is 5.99. The number of hydrogen-bond donors (Lipinski definition) is 1. The number of benzene rings is 2. The van der Waals surface area contributed by atoms with Gasteiger partial charge in [0.05, 0.1) is 27.5 Å². The number of rotatable bonds is 3. The molecule has 0 spiro atoms. The van der Waals surface area contributed by atoms with E-state index in [1.165, 1.54) is 12.1 Å². The topological polar surface area (TPSA) is 32.3 Å². The Hall–Kier alpha value is -2.21. The van der Waals surface area contributed by atoms with Gasteiger partial charge in [-0.3, -0.25) is 4.79 Å². The molecule has 1 amide bonds. The Kier molecular flexibility index (Phi) is 5.65. The zero-order chi connectivity index (χ0) is 19.6. The summed E-state index contributed by atoms with van der Waals surface area (Å²) in [5.74, 6) is -0.536. The fraction of sp³-hybridized carbons (Fsp3) is 0.350. The summed E-state index contributed by atoms with van der Waals surface area (Å²) < 4.78 is 39.6. The molecule has 2 aromatic carbocycles. The minimum Gasteiger partial charge on any atom is -0.367 e. The average molecular weight is 397 g/mol. The highest BCUT2D eigenvalue weighted by Crippen LogP contribution is 2.37. The van der Waals surface area contributed by atoms with Crippen LogP contribution in [0.15, 0.2) is 42.5 Å². The lowest BCUT2D eigenvalue weighted by Crippen LogP contribution is -2.38. The van der Waals surface area contributed by atoms with E-state index >= 15 is 0 Å². The van der Waals surface area contributed by atoms with E-state index in [9.17, 15) is 18.0 Å². The lowest BCUT2D eigenvalue weighted by atomic mass is 10.0. The first-order chi connectivity index (χ1) is 12.8. The molecule has 144 valence electrons. The number of nitrogens with zero attached hydrogens (tertiary/aromatic N) is 1. The molecule has 0 aliphatic carbocycles. The second-order valence-corrected chi connectivity index (χ2v) is 7.11. The second-order valence-electron chi connectivity index (χ2n) is 6.70. The molecule has 3 nitrogen and oxygen atoms in total. The molecule has 2 aromatic rings. The molecule has 27 heavy (non-hydrogen) atoms. The number of hydrogen-bond acceptors (Lipinski definition) is 2. The molecule has 1 unspecified atom stereocenters. The quantitative estimate of drug-likeness (QED) is 0.691. The van der Waals surface area contributed by atoms with Gasteiger partial charge in [0, 0.05) is 12.6 Å². The molecule has 1 saturated heterocycles. The molecular weight excluding hydrogens is 377 g/mol. The van der Waals surface area contributed by atoms with E-state index in [0.717, 1.165) is 37.9 Å². The molecule has 1 aliphatic heterocycles. The lowest BCUT2D eigenvalue weighted by Gasteiger charge is -2.36. The number of alkyl halides is 3. The van der Waals surface area contributed by atoms with Crippen LogP contribution in [0.4, 0.5) is 24.5 Å². The molecule has 1 atom stereocenters. The molecule has 1 N–H and O–H groups in total. The molecule has 0 bridgehead atoms. The van der Waals surface area contributed by atoms with E-state index in [1.807, 2.05) is 11.8 Å². The smallest absolute Gasteiger partial charge is 0.367 e. The molecule has 0 radical (unpaired) electrons. The molecule has 1 heterocycles. The molecule has 0 saturated carbocycles. The summed E-state index contributed by atoms with van der Waals surface area (Å²) >= 11 is 6.05. The maximum Gasteiger partial charge on any atom is 0.416 e. The predicted molar refractivity (Wildman–Crippen MR) is 102 cm³/mol. The van der Waals surface area contributed by atoms with Crippen molar-refractivity contribution in [1.82, 2.24) is 0 Å². The van der Waals surface area contributed by atoms with Gasteiger partial charge in [0.25, 0.3) is 5.91 Å². The van der Waals surface area contributed by atoms with Gasteiger partial charge in [-0.1, -0.05) is 23.7 Å². The number of anilines is 2. The number of carbonyl (C=O) groups excluding carboxylic acids is 1. The molecule has 7 heteroatoms. The van der Waals surface area contributed by atoms with Crippen molar-refractivity contribution in [2.45, 2.75) is 38.4 Å². The van der Waals surface area contributed by atoms with Gasteiger partial charge in [-0.25, -0.2) is 0 Å². The maximum absolute atomic E-state index is 13.2. The summed E-state index contributed by atoms with van der Waals surface area (Å²) in [6, 6.07) is 10.1. The van der Waals surface area contributed by atoms with E-state index in [4.69, 9.17) is 11.6 Å². The average Bonchev–Trinajstić information content (AvgIpc) is 2.62. The normalized spacial score (nSPS) is 17.7. The summed E-state index contributed by atoms with van der Waals surface area (Å²) in [6.45, 7) is 2.78. The Morgan fingerprint density at radius 2 is 1.93 bits per heavy atom. The van der Waals surface area contributed by atoms with E-state index in [-0.39, 0.29) is 22.3 Å². The van der Waals surface area contributed by atoms with Crippen LogP contribution in [0.3, 0.4) is 0 Å². The Morgan fingerprint density at radius 3 is 2.59 bits per heavy atom. The monoisotopic (exact) mass is 396 g/mol. The number of carbonyl (C=O) groups is 1. The van der Waals surface area contributed by atoms with Gasteiger partial charge in [0.1, 0.15) is 0 Å². The molecule has 0 aromatic heterocycles. The summed E-state index contributed by atoms with van der Waals surface area (Å²) in [5.41, 5.74) is 0.152. The number of amides is 1. The van der Waals surface area contributed by atoms with Gasteiger partial charge in [-0.2, -0.15) is 13.2 Å². The number of halogens is 4. The van der Waals surface area contributed by atoms with Crippen molar-refractivity contribution in [3.63, 3.8) is 0 Å². The highest BCUT2D eigenvalue weighted by Gasteiger charge is 2.32. The summed E-state index contributed by atoms with van der Waals surface area (Å²) in [5, 5.41) is 2.88. The minimum absolute atomic E-state index is 0.142. The highest BCUT2D eigenvalue weighted by atomic mass is 35.5. The first-order valence-electron chi connectivity index (χ1n) is 8.81. The molecule has 1 fully saturated rings. The molecule has 3 rings (SSSR count). The Labute approximate surface area is 161 Å². The second kappa shape index (κ2) is 7.80. The Morgan fingerprint density at radius 1 is 1.19 bits per heavy atom. The van der Waals surface area contributed by atoms with Crippen LogP contribution in [-0.4, -0.2) is 18.5 Å². The zero-order valence-corrected chi connectivity index (χ0v) is 15.6. The fourth-order valence-electron chi connectivity index (χ4n) is 3.35. The third-order valence-corrected chi connectivity index (χ3v) is 5.13. The minimum atomic E-state index is -4.49. The molecular formula is C20H20ClF3N2O. The van der Waals surface area contributed by atoms with Crippen LogP contribution in [0.1, 0.15) is 42.1 Å². The van der Waals surface area contributed by atoms with Gasteiger partial charge in [-0.15, -0.1) is 0 Å². The van der Waals surface area contributed by atoms with Crippen LogP contribution in [-0.2, 0) is 6.18 Å². The Balaban J connectivity index is 1.99. The Bertz CT molecular complexity index is 838. The summed E-state index contributed by atoms with van der Waals surface area (Å²) in [4.78, 5) is 14.7. The van der Waals surface area contributed by atoms with Crippen LogP contribution in [0.5, 0.6) is 0 Å². The van der Waals surface area contributed by atoms with Gasteiger partial charge >= 0.3 is 6.18 Å². The number of nitrogens with one attached hydrogen (secondary N) is 1. The maximum atomic E-state index is 13.2. The van der Waals surface area contributed by atoms with Gasteiger partial charge in [0.2, 0.25) is 0 Å². The van der Waals surface area contributed by atoms with Crippen molar-refractivity contribution in [3.8, 4) is 0 Å². The first kappa shape index (κ1) is 19.5. The summed E-state index contributed by atoms with van der Waals surface area (Å²) in [7, 11) is 0. The number of piperidine rings is 1. The fourth-order valence-corrected chi connectivity index (χ4v) is 3.58. The van der Waals surface area contributed by atoms with Crippen molar-refractivity contribution < 1.29 is 18.0 Å². The largest absolute Gasteiger partial charge is 0.416 e. The van der Waals surface area contributed by atoms with Crippen LogP contribution in [0.25, 0.3) is 0 Å². The van der Waals surface area contributed by atoms with Crippen molar-refractivity contribution in [3.05, 3.63) is 58.6 Å². The van der Waals surface area contributed by atoms with Crippen LogP contribution in [0.2, 0.25) is 5.02 Å². The van der Waals surface area contributed by atoms with Crippen LogP contribution >= 0.6 is 11.6 Å². The molecule has 1 aliphatic rings. The van der Waals surface area contributed by atoms with Crippen LogP contribution < -0.4 is 10.2 Å². The first-order valence-corrected chi connectivity index (χ1v) is 9.19. The van der Waals surface area contributed by atoms with Crippen molar-refractivity contribution in [1.29, 1.82) is 0 Å². The van der Waals surface area contributed by atoms with Gasteiger partial charge in [0.15, 0.2) is 0 Å². The van der Waals surface area contributed by atoms with Crippen LogP contribution in [0, 0.1) is 0 Å². The standard InChI is InChI=1S/C20H20ClF3N2O/c1-13-6-4-5-11-26(13)18-10-9-14(20(22,23)24)12-17(18)25-19(27)15-7-2-3-8-16(15)21/h2-3,7-10,12-13H,4-6,11H2,1H3,(H,25,27). The SMILES string of the molecule is CC1CCCCN1c1ccc(C(F)(F)F)cc1NC(=O)c1ccccc1Cl. The van der Waals surface area contributed by atoms with Crippen molar-refractivity contribution >= 4 is 28.9 Å². The van der Waals surface area contributed by atoms with E-state index in [2.05, 4.69) is 5.32 Å². The highest BCUT2D eigenvalue weighted by molar-refractivity contribution is 6.34. The van der Waals surface area contributed by atoms with Crippen molar-refractivity contribution in [2.75, 3.05) is 16.8 Å². The summed E-state index contributed by atoms with van der Waals surface area (Å²) in [6.07, 6.45) is -1.49. The zero-order valence-electron chi connectivity index (χ0n) is 14.8. The van der Waals surface area contributed by atoms with E-state index < -0.39 is 17.6 Å². The lowest BCUT2D eigenvalue weighted by molar-refractivity contribution is -0.137. The van der Waals surface area contributed by atoms with Gasteiger partial charge in [-0.05, 0) is 56.5 Å². The van der Waals surface area contributed by atoms with E-state index in [0.29, 0.717) is 5.69 Å². The third-order valence-electron chi connectivity index (χ3n) is 4.80. The third kappa shape index (κ3) is 4.38. The van der Waals surface area contributed by atoms with E-state index in [1.54, 1.807) is 18.2 Å². The van der Waals surface area contributed by atoms with Gasteiger partial charge < -0.3 is 10.2 Å².